The Balaban J connectivity index is 1.43. The molecule has 0 N–H and O–H groups in total. The van der Waals surface area contributed by atoms with Crippen molar-refractivity contribution in [3.05, 3.63) is 107 Å². The smallest absolute Gasteiger partial charge is 0.247 e. The molecule has 0 bridgehead atoms. The lowest BCUT2D eigenvalue weighted by atomic mass is 9.90. The Labute approximate surface area is 191 Å². The highest BCUT2D eigenvalue weighted by Crippen LogP contribution is 2.34. The Morgan fingerprint density at radius 3 is 2.06 bits per heavy atom. The van der Waals surface area contributed by atoms with Crippen LogP contribution in [0.3, 0.4) is 0 Å². The van der Waals surface area contributed by atoms with Crippen LogP contribution < -0.4 is 0 Å². The summed E-state index contributed by atoms with van der Waals surface area (Å²) < 4.78 is 5.90. The van der Waals surface area contributed by atoms with E-state index in [1.54, 1.807) is 12.1 Å². The van der Waals surface area contributed by atoms with Crippen LogP contribution in [0.2, 0.25) is 5.02 Å². The molecule has 5 nitrogen and oxygen atoms in total. The first-order chi connectivity index (χ1) is 15.7. The number of hydrogen-bond donors (Lipinski definition) is 0. The summed E-state index contributed by atoms with van der Waals surface area (Å²) in [6.07, 6.45) is 1.97. The summed E-state index contributed by atoms with van der Waals surface area (Å²) in [4.78, 5) is 15.8. The van der Waals surface area contributed by atoms with Crippen molar-refractivity contribution < 1.29 is 9.21 Å². The molecule has 0 atom stereocenters. The van der Waals surface area contributed by atoms with E-state index in [9.17, 15) is 4.79 Å². The number of nitrogens with zero attached hydrogens (tertiary/aromatic N) is 3. The van der Waals surface area contributed by atoms with Crippen LogP contribution in [0.5, 0.6) is 0 Å². The molecular weight excluding hydrogens is 422 g/mol. The summed E-state index contributed by atoms with van der Waals surface area (Å²) in [5, 5.41) is 9.03. The fourth-order valence-electron chi connectivity index (χ4n) is 3.88. The lowest BCUT2D eigenvalue weighted by molar-refractivity contribution is -0.133. The van der Waals surface area contributed by atoms with Crippen LogP contribution in [-0.4, -0.2) is 27.0 Å². The largest absolute Gasteiger partial charge is 0.419 e. The van der Waals surface area contributed by atoms with Gasteiger partial charge in [0.05, 0.1) is 12.5 Å². The summed E-state index contributed by atoms with van der Waals surface area (Å²) in [5.41, 5.74) is 2.74. The molecule has 1 heterocycles. The zero-order valence-electron chi connectivity index (χ0n) is 17.4. The SMILES string of the molecule is O=C(C(c1ccccc1)c1ccccc1)N(Cc1nnc(-c2ccc(Cl)cc2)o1)C1CC1. The van der Waals surface area contributed by atoms with Crippen LogP contribution in [0, 0.1) is 0 Å². The predicted octanol–water partition coefficient (Wildman–Crippen LogP) is 5.71. The summed E-state index contributed by atoms with van der Waals surface area (Å²) in [5.74, 6) is 0.519. The minimum Gasteiger partial charge on any atom is -0.419 e. The van der Waals surface area contributed by atoms with Gasteiger partial charge < -0.3 is 9.32 Å². The normalized spacial score (nSPS) is 13.3. The average molecular weight is 444 g/mol. The monoisotopic (exact) mass is 443 g/mol. The molecule has 5 rings (SSSR count). The van der Waals surface area contributed by atoms with E-state index in [0.717, 1.165) is 29.5 Å². The molecule has 32 heavy (non-hydrogen) atoms. The second-order valence-electron chi connectivity index (χ2n) is 7.96. The van der Waals surface area contributed by atoms with Gasteiger partial charge in [0.1, 0.15) is 0 Å². The molecule has 0 saturated heterocycles. The van der Waals surface area contributed by atoms with Crippen LogP contribution in [0.25, 0.3) is 11.5 Å². The minimum absolute atomic E-state index is 0.0520. The third kappa shape index (κ3) is 4.43. The van der Waals surface area contributed by atoms with E-state index in [1.165, 1.54) is 0 Å². The number of amides is 1. The Bertz CT molecular complexity index is 1150. The Kier molecular flexibility index (Phi) is 5.73. The third-order valence-corrected chi connectivity index (χ3v) is 5.90. The highest BCUT2D eigenvalue weighted by molar-refractivity contribution is 6.30. The van der Waals surface area contributed by atoms with Crippen LogP contribution >= 0.6 is 11.6 Å². The van der Waals surface area contributed by atoms with Crippen molar-refractivity contribution >= 4 is 17.5 Å². The van der Waals surface area contributed by atoms with Gasteiger partial charge in [-0.15, -0.1) is 10.2 Å². The van der Waals surface area contributed by atoms with Crippen molar-refractivity contribution in [3.8, 4) is 11.5 Å². The topological polar surface area (TPSA) is 59.2 Å². The van der Waals surface area contributed by atoms with Crippen molar-refractivity contribution in [1.82, 2.24) is 15.1 Å². The number of rotatable bonds is 7. The Morgan fingerprint density at radius 2 is 1.50 bits per heavy atom. The van der Waals surface area contributed by atoms with Crippen molar-refractivity contribution in [2.45, 2.75) is 31.3 Å². The second kappa shape index (κ2) is 8.97. The van der Waals surface area contributed by atoms with Crippen molar-refractivity contribution in [2.24, 2.45) is 0 Å². The van der Waals surface area contributed by atoms with Gasteiger partial charge in [-0.2, -0.15) is 0 Å². The van der Waals surface area contributed by atoms with Crippen LogP contribution in [-0.2, 0) is 11.3 Å². The van der Waals surface area contributed by atoms with Gasteiger partial charge in [-0.25, -0.2) is 0 Å². The molecule has 1 amide bonds. The zero-order valence-corrected chi connectivity index (χ0v) is 18.2. The fraction of sp³-hybridized carbons (Fsp3) is 0.192. The van der Waals surface area contributed by atoms with Gasteiger partial charge in [-0.1, -0.05) is 72.3 Å². The van der Waals surface area contributed by atoms with E-state index in [4.69, 9.17) is 16.0 Å². The number of carbonyl (C=O) groups excluding carboxylic acids is 1. The summed E-state index contributed by atoms with van der Waals surface area (Å²) in [7, 11) is 0. The molecule has 4 aromatic rings. The predicted molar refractivity (Wildman–Crippen MR) is 123 cm³/mol. The van der Waals surface area contributed by atoms with Crippen molar-refractivity contribution in [2.75, 3.05) is 0 Å². The highest BCUT2D eigenvalue weighted by Gasteiger charge is 2.38. The van der Waals surface area contributed by atoms with Crippen molar-refractivity contribution in [3.63, 3.8) is 0 Å². The minimum atomic E-state index is -0.378. The maximum absolute atomic E-state index is 13.9. The summed E-state index contributed by atoms with van der Waals surface area (Å²) in [6, 6.07) is 27.3. The molecule has 0 unspecified atom stereocenters. The van der Waals surface area contributed by atoms with Crippen molar-refractivity contribution in [1.29, 1.82) is 0 Å². The maximum Gasteiger partial charge on any atom is 0.247 e. The summed E-state index contributed by atoms with van der Waals surface area (Å²) >= 11 is 5.97. The van der Waals surface area contributed by atoms with Crippen LogP contribution in [0.15, 0.2) is 89.3 Å². The number of halogens is 1. The molecule has 0 spiro atoms. The zero-order chi connectivity index (χ0) is 21.9. The lowest BCUT2D eigenvalue weighted by Gasteiger charge is -2.27. The second-order valence-corrected chi connectivity index (χ2v) is 8.40. The molecule has 0 aliphatic heterocycles. The number of benzene rings is 3. The van der Waals surface area contributed by atoms with Gasteiger partial charge in [0, 0.05) is 16.6 Å². The molecule has 6 heteroatoms. The Morgan fingerprint density at radius 1 is 0.906 bits per heavy atom. The molecule has 1 saturated carbocycles. The third-order valence-electron chi connectivity index (χ3n) is 5.65. The number of aromatic nitrogens is 2. The van der Waals surface area contributed by atoms with E-state index in [1.807, 2.05) is 77.7 Å². The fourth-order valence-corrected chi connectivity index (χ4v) is 4.01. The Hall–Kier alpha value is -3.44. The van der Waals surface area contributed by atoms with E-state index < -0.39 is 0 Å². The van der Waals surface area contributed by atoms with E-state index in [0.29, 0.717) is 23.3 Å². The van der Waals surface area contributed by atoms with Gasteiger partial charge in [0.15, 0.2) is 0 Å². The average Bonchev–Trinajstić information content (AvgIpc) is 3.57. The standard InChI is InChI=1S/C26H22ClN3O2/c27-21-13-11-20(12-14-21)25-29-28-23(32-25)17-30(22-15-16-22)26(31)24(18-7-3-1-4-8-18)19-9-5-2-6-10-19/h1-14,22,24H,15-17H2. The van der Waals surface area contributed by atoms with Crippen LogP contribution in [0.1, 0.15) is 35.8 Å². The number of hydrogen-bond acceptors (Lipinski definition) is 4. The first-order valence-electron chi connectivity index (χ1n) is 10.7. The molecule has 3 aromatic carbocycles. The molecule has 0 radical (unpaired) electrons. The van der Waals surface area contributed by atoms with E-state index in [-0.39, 0.29) is 17.9 Å². The summed E-state index contributed by atoms with van der Waals surface area (Å²) in [6.45, 7) is 0.292. The number of carbonyl (C=O) groups is 1. The first kappa shape index (κ1) is 20.5. The lowest BCUT2D eigenvalue weighted by Crippen LogP contribution is -2.37. The quantitative estimate of drug-likeness (QED) is 0.367. The van der Waals surface area contributed by atoms with Gasteiger partial charge in [0.2, 0.25) is 17.7 Å². The van der Waals surface area contributed by atoms with Gasteiger partial charge in [0.25, 0.3) is 0 Å². The maximum atomic E-state index is 13.9. The van der Waals surface area contributed by atoms with E-state index in [2.05, 4.69) is 10.2 Å². The van der Waals surface area contributed by atoms with Gasteiger partial charge >= 0.3 is 0 Å². The molecule has 1 aromatic heterocycles. The molecule has 160 valence electrons. The van der Waals surface area contributed by atoms with Gasteiger partial charge in [-0.3, -0.25) is 4.79 Å². The van der Waals surface area contributed by atoms with E-state index >= 15 is 0 Å². The molecule has 1 fully saturated rings. The first-order valence-corrected chi connectivity index (χ1v) is 11.1. The molecule has 1 aliphatic carbocycles. The van der Waals surface area contributed by atoms with Crippen LogP contribution in [0.4, 0.5) is 0 Å². The van der Waals surface area contributed by atoms with Gasteiger partial charge in [-0.05, 0) is 48.2 Å². The highest BCUT2D eigenvalue weighted by atomic mass is 35.5. The molecular formula is C26H22ClN3O2. The molecule has 1 aliphatic rings.